The Morgan fingerprint density at radius 2 is 2.05 bits per heavy atom. The first-order chi connectivity index (χ1) is 9.97. The number of hydrogen-bond acceptors (Lipinski definition) is 5. The number of hydrazone groups is 1. The van der Waals surface area contributed by atoms with Gasteiger partial charge in [-0.15, -0.1) is 0 Å². The Labute approximate surface area is 120 Å². The van der Waals surface area contributed by atoms with Gasteiger partial charge in [0.2, 0.25) is 0 Å². The molecule has 1 amide bonds. The minimum absolute atomic E-state index is 0.0524. The average Bonchev–Trinajstić information content (AvgIpc) is 2.91. The van der Waals surface area contributed by atoms with Gasteiger partial charge in [0, 0.05) is 11.6 Å². The van der Waals surface area contributed by atoms with Crippen molar-refractivity contribution in [3.8, 4) is 0 Å². The fraction of sp³-hybridized carbons (Fsp3) is 0. The standard InChI is InChI=1S/C12H7F2N3O3S/c13-9-3-1-7(5-10(9)14)12(18)16-15-6-8-2-4-11(21-8)17(19)20/h1-6H,(H,16,18). The third-order valence-electron chi connectivity index (χ3n) is 2.33. The van der Waals surface area contributed by atoms with Crippen molar-refractivity contribution >= 4 is 28.5 Å². The Balaban J connectivity index is 2.01. The predicted octanol–water partition coefficient (Wildman–Crippen LogP) is 2.70. The molecule has 1 heterocycles. The van der Waals surface area contributed by atoms with Gasteiger partial charge in [0.15, 0.2) is 11.6 Å². The van der Waals surface area contributed by atoms with Gasteiger partial charge in [0.25, 0.3) is 5.91 Å². The molecule has 0 unspecified atom stereocenters. The molecule has 1 aromatic heterocycles. The summed E-state index contributed by atoms with van der Waals surface area (Å²) in [4.78, 5) is 22.0. The SMILES string of the molecule is O=C(NN=Cc1ccc([N+](=O)[O-])s1)c1ccc(F)c(F)c1. The Morgan fingerprint density at radius 3 is 2.67 bits per heavy atom. The number of carbonyl (C=O) groups excluding carboxylic acids is 1. The third kappa shape index (κ3) is 3.66. The molecule has 0 aliphatic rings. The summed E-state index contributed by atoms with van der Waals surface area (Å²) in [6.45, 7) is 0. The highest BCUT2D eigenvalue weighted by molar-refractivity contribution is 7.16. The molecule has 2 aromatic rings. The van der Waals surface area contributed by atoms with E-state index in [1.807, 2.05) is 0 Å². The fourth-order valence-corrected chi connectivity index (χ4v) is 2.06. The molecule has 1 aromatic carbocycles. The molecule has 0 aliphatic heterocycles. The minimum atomic E-state index is -1.14. The second-order valence-corrected chi connectivity index (χ2v) is 4.85. The van der Waals surface area contributed by atoms with E-state index in [2.05, 4.69) is 10.5 Å². The number of halogens is 2. The molecule has 0 saturated heterocycles. The van der Waals surface area contributed by atoms with Crippen LogP contribution in [0.2, 0.25) is 0 Å². The van der Waals surface area contributed by atoms with Crippen LogP contribution in [-0.4, -0.2) is 17.0 Å². The quantitative estimate of drug-likeness (QED) is 0.535. The molecule has 6 nitrogen and oxygen atoms in total. The van der Waals surface area contributed by atoms with E-state index in [4.69, 9.17) is 0 Å². The lowest BCUT2D eigenvalue weighted by molar-refractivity contribution is -0.380. The average molecular weight is 311 g/mol. The number of carbonyl (C=O) groups is 1. The van der Waals surface area contributed by atoms with Crippen LogP contribution in [0.5, 0.6) is 0 Å². The molecule has 108 valence electrons. The first-order valence-electron chi connectivity index (χ1n) is 5.50. The summed E-state index contributed by atoms with van der Waals surface area (Å²) < 4.78 is 25.7. The number of rotatable bonds is 4. The Bertz CT molecular complexity index is 730. The molecule has 2 rings (SSSR count). The van der Waals surface area contributed by atoms with E-state index in [0.29, 0.717) is 4.88 Å². The van der Waals surface area contributed by atoms with Gasteiger partial charge in [0.05, 0.1) is 16.0 Å². The minimum Gasteiger partial charge on any atom is -0.267 e. The summed E-state index contributed by atoms with van der Waals surface area (Å²) in [5.41, 5.74) is 2.02. The van der Waals surface area contributed by atoms with Crippen LogP contribution in [0.4, 0.5) is 13.8 Å². The molecule has 0 spiro atoms. The number of nitrogens with zero attached hydrogens (tertiary/aromatic N) is 2. The summed E-state index contributed by atoms with van der Waals surface area (Å²) in [7, 11) is 0. The summed E-state index contributed by atoms with van der Waals surface area (Å²) in [6, 6.07) is 5.46. The van der Waals surface area contributed by atoms with Crippen LogP contribution >= 0.6 is 11.3 Å². The first kappa shape index (κ1) is 14.7. The molecule has 0 radical (unpaired) electrons. The van der Waals surface area contributed by atoms with Crippen LogP contribution in [-0.2, 0) is 0 Å². The van der Waals surface area contributed by atoms with Crippen molar-refractivity contribution in [2.24, 2.45) is 5.10 Å². The van der Waals surface area contributed by atoms with E-state index in [9.17, 15) is 23.7 Å². The number of thiophene rings is 1. The van der Waals surface area contributed by atoms with Crippen molar-refractivity contribution < 1.29 is 18.5 Å². The molecule has 0 atom stereocenters. The van der Waals surface area contributed by atoms with Gasteiger partial charge in [-0.2, -0.15) is 5.10 Å². The van der Waals surface area contributed by atoms with Gasteiger partial charge in [0.1, 0.15) is 0 Å². The van der Waals surface area contributed by atoms with Crippen molar-refractivity contribution in [3.63, 3.8) is 0 Å². The second kappa shape index (κ2) is 6.18. The molecule has 21 heavy (non-hydrogen) atoms. The second-order valence-electron chi connectivity index (χ2n) is 3.76. The maximum absolute atomic E-state index is 12.9. The Hall–Kier alpha value is -2.68. The van der Waals surface area contributed by atoms with Crippen molar-refractivity contribution in [2.75, 3.05) is 0 Å². The van der Waals surface area contributed by atoms with Gasteiger partial charge in [-0.3, -0.25) is 14.9 Å². The lowest BCUT2D eigenvalue weighted by Crippen LogP contribution is -2.17. The van der Waals surface area contributed by atoms with Crippen LogP contribution in [0.25, 0.3) is 0 Å². The third-order valence-corrected chi connectivity index (χ3v) is 3.30. The Morgan fingerprint density at radius 1 is 1.29 bits per heavy atom. The normalized spacial score (nSPS) is 10.8. The van der Waals surface area contributed by atoms with Crippen LogP contribution in [0.1, 0.15) is 15.2 Å². The van der Waals surface area contributed by atoms with E-state index in [0.717, 1.165) is 29.5 Å². The summed E-state index contributed by atoms with van der Waals surface area (Å²) in [6.07, 6.45) is 1.22. The maximum Gasteiger partial charge on any atom is 0.324 e. The van der Waals surface area contributed by atoms with E-state index in [-0.39, 0.29) is 10.6 Å². The molecule has 9 heteroatoms. The van der Waals surface area contributed by atoms with Crippen molar-refractivity contribution in [1.29, 1.82) is 0 Å². The number of nitrogens with one attached hydrogen (secondary N) is 1. The van der Waals surface area contributed by atoms with Gasteiger partial charge in [-0.25, -0.2) is 14.2 Å². The van der Waals surface area contributed by atoms with Crippen LogP contribution in [0.15, 0.2) is 35.4 Å². The van der Waals surface area contributed by atoms with Crippen LogP contribution in [0.3, 0.4) is 0 Å². The zero-order valence-electron chi connectivity index (χ0n) is 10.2. The van der Waals surface area contributed by atoms with E-state index < -0.39 is 22.5 Å². The highest BCUT2D eigenvalue weighted by Crippen LogP contribution is 2.22. The van der Waals surface area contributed by atoms with Gasteiger partial charge in [-0.05, 0) is 24.3 Å². The van der Waals surface area contributed by atoms with Gasteiger partial charge >= 0.3 is 5.00 Å². The van der Waals surface area contributed by atoms with E-state index >= 15 is 0 Å². The Kier molecular flexibility index (Phi) is 4.33. The number of amides is 1. The molecule has 0 bridgehead atoms. The highest BCUT2D eigenvalue weighted by Gasteiger charge is 2.10. The molecular weight excluding hydrogens is 304 g/mol. The molecule has 0 saturated carbocycles. The zero-order chi connectivity index (χ0) is 15.4. The molecule has 0 aliphatic carbocycles. The van der Waals surface area contributed by atoms with Crippen molar-refractivity contribution in [3.05, 3.63) is 62.5 Å². The number of nitro groups is 1. The summed E-state index contributed by atoms with van der Waals surface area (Å²) in [5.74, 6) is -2.92. The van der Waals surface area contributed by atoms with E-state index in [1.165, 1.54) is 18.3 Å². The molecule has 1 N–H and O–H groups in total. The smallest absolute Gasteiger partial charge is 0.267 e. The molecule has 0 fully saturated rings. The lowest BCUT2D eigenvalue weighted by atomic mass is 10.2. The van der Waals surface area contributed by atoms with Crippen molar-refractivity contribution in [1.82, 2.24) is 5.43 Å². The number of benzene rings is 1. The predicted molar refractivity (Wildman–Crippen MR) is 72.4 cm³/mol. The largest absolute Gasteiger partial charge is 0.324 e. The fourth-order valence-electron chi connectivity index (χ4n) is 1.37. The maximum atomic E-state index is 12.9. The van der Waals surface area contributed by atoms with Gasteiger partial charge < -0.3 is 0 Å². The molecular formula is C12H7F2N3O3S. The topological polar surface area (TPSA) is 84.6 Å². The monoisotopic (exact) mass is 311 g/mol. The van der Waals surface area contributed by atoms with Crippen LogP contribution in [0, 0.1) is 21.7 Å². The summed E-state index contributed by atoms with van der Waals surface area (Å²) >= 11 is 0.884. The van der Waals surface area contributed by atoms with Crippen LogP contribution < -0.4 is 5.43 Å². The lowest BCUT2D eigenvalue weighted by Gasteiger charge is -2.00. The van der Waals surface area contributed by atoms with Gasteiger partial charge in [-0.1, -0.05) is 11.3 Å². The summed E-state index contributed by atoms with van der Waals surface area (Å²) in [5, 5.41) is 14.0. The first-order valence-corrected chi connectivity index (χ1v) is 6.31. The zero-order valence-corrected chi connectivity index (χ0v) is 11.1. The van der Waals surface area contributed by atoms with Crippen molar-refractivity contribution in [2.45, 2.75) is 0 Å². The highest BCUT2D eigenvalue weighted by atomic mass is 32.1. The number of hydrogen-bond donors (Lipinski definition) is 1. The van der Waals surface area contributed by atoms with E-state index in [1.54, 1.807) is 0 Å².